The molecule has 6 nitrogen and oxygen atoms in total. The van der Waals surface area contributed by atoms with Crippen LogP contribution in [-0.2, 0) is 19.1 Å². The number of rotatable bonds is 12. The molecule has 0 heterocycles. The van der Waals surface area contributed by atoms with E-state index in [9.17, 15) is 9.59 Å². The fourth-order valence-corrected chi connectivity index (χ4v) is 4.60. The molecule has 6 heteroatoms. The second-order valence-electron chi connectivity index (χ2n) is 9.30. The van der Waals surface area contributed by atoms with E-state index in [0.29, 0.717) is 31.7 Å². The van der Waals surface area contributed by atoms with Crippen LogP contribution in [0.4, 0.5) is 0 Å². The number of hydrogen-bond acceptors (Lipinski definition) is 5. The lowest BCUT2D eigenvalue weighted by Gasteiger charge is -2.51. The average molecular weight is 449 g/mol. The van der Waals surface area contributed by atoms with Gasteiger partial charge in [0.25, 0.3) is 0 Å². The summed E-state index contributed by atoms with van der Waals surface area (Å²) >= 11 is 0. The molecular formula is C26H44N2O4. The zero-order valence-electron chi connectivity index (χ0n) is 21.2. The molecule has 0 N–H and O–H groups in total. The van der Waals surface area contributed by atoms with Crippen LogP contribution in [0.5, 0.6) is 0 Å². The van der Waals surface area contributed by atoms with Crippen LogP contribution in [0.1, 0.15) is 67.7 Å². The molecule has 0 aromatic carbocycles. The van der Waals surface area contributed by atoms with Gasteiger partial charge in [0, 0.05) is 37.2 Å². The Labute approximate surface area is 195 Å². The molecule has 0 spiro atoms. The van der Waals surface area contributed by atoms with Gasteiger partial charge in [-0.1, -0.05) is 26.0 Å². The van der Waals surface area contributed by atoms with Gasteiger partial charge in [-0.15, -0.1) is 13.2 Å². The first-order chi connectivity index (χ1) is 15.0. The maximum absolute atomic E-state index is 13.0. The number of carbonyl (C=O) groups is 2. The maximum atomic E-state index is 13.0. The highest BCUT2D eigenvalue weighted by Crippen LogP contribution is 2.34. The quantitative estimate of drug-likeness (QED) is 0.325. The fraction of sp³-hybridized carbons (Fsp3) is 0.692. The summed E-state index contributed by atoms with van der Waals surface area (Å²) in [6.45, 7) is 23.1. The Kier molecular flexibility index (Phi) is 11.4. The van der Waals surface area contributed by atoms with Gasteiger partial charge in [0.1, 0.15) is 0 Å². The van der Waals surface area contributed by atoms with Gasteiger partial charge < -0.3 is 14.4 Å². The Morgan fingerprint density at radius 2 is 1.72 bits per heavy atom. The third-order valence-electron chi connectivity index (χ3n) is 5.88. The molecule has 1 amide bonds. The van der Waals surface area contributed by atoms with Crippen molar-refractivity contribution < 1.29 is 19.1 Å². The van der Waals surface area contributed by atoms with Crippen molar-refractivity contribution in [1.29, 1.82) is 0 Å². The lowest BCUT2D eigenvalue weighted by Crippen LogP contribution is -2.65. The van der Waals surface area contributed by atoms with Crippen LogP contribution >= 0.6 is 0 Å². The molecule has 1 aliphatic carbocycles. The van der Waals surface area contributed by atoms with Gasteiger partial charge in [-0.25, -0.2) is 4.79 Å². The highest BCUT2D eigenvalue weighted by atomic mass is 16.5. The minimum absolute atomic E-state index is 0.0178. The van der Waals surface area contributed by atoms with E-state index < -0.39 is 11.6 Å². The number of carbonyl (C=O) groups excluding carboxylic acids is 2. The lowest BCUT2D eigenvalue weighted by atomic mass is 9.83. The topological polar surface area (TPSA) is 59.1 Å². The second kappa shape index (κ2) is 12.9. The molecule has 0 unspecified atom stereocenters. The molecule has 182 valence electrons. The largest absolute Gasteiger partial charge is 0.463 e. The summed E-state index contributed by atoms with van der Waals surface area (Å²) in [5, 5.41) is 0. The molecule has 0 aromatic heterocycles. The lowest BCUT2D eigenvalue weighted by molar-refractivity contribution is -0.149. The smallest absolute Gasteiger partial charge is 0.333 e. The third kappa shape index (κ3) is 7.31. The molecule has 1 aliphatic rings. The van der Waals surface area contributed by atoms with Crippen molar-refractivity contribution in [1.82, 2.24) is 9.80 Å². The summed E-state index contributed by atoms with van der Waals surface area (Å²) in [6, 6.07) is -0.427. The monoisotopic (exact) mass is 448 g/mol. The predicted octanol–water partition coefficient (Wildman–Crippen LogP) is 4.51. The third-order valence-corrected chi connectivity index (χ3v) is 5.88. The van der Waals surface area contributed by atoms with Crippen LogP contribution in [0.15, 0.2) is 37.0 Å². The number of nitrogens with zero attached hydrogens (tertiary/aromatic N) is 2. The van der Waals surface area contributed by atoms with E-state index >= 15 is 0 Å². The van der Waals surface area contributed by atoms with Gasteiger partial charge in [-0.2, -0.15) is 0 Å². The number of amides is 1. The molecular weight excluding hydrogens is 404 g/mol. The Morgan fingerprint density at radius 1 is 1.16 bits per heavy atom. The molecule has 0 radical (unpaired) electrons. The van der Waals surface area contributed by atoms with E-state index in [1.54, 1.807) is 13.8 Å². The van der Waals surface area contributed by atoms with E-state index in [-0.39, 0.29) is 30.1 Å². The Hall–Kier alpha value is -1.92. The molecule has 3 atom stereocenters. The van der Waals surface area contributed by atoms with Crippen LogP contribution in [0.3, 0.4) is 0 Å². The van der Waals surface area contributed by atoms with Gasteiger partial charge >= 0.3 is 5.97 Å². The standard InChI is InChI=1S/C26H44N2O4/c1-10-15-27(16-11-2)22-17-20(25(30)31-14-5)18-23(32-21(12-3)13-4)24(22)28(19(6)29)26(7,8)9/h10-11,18,21-24H,1-2,12-17H2,3-9H3/t22-,23-,24+/m1/s1. The van der Waals surface area contributed by atoms with Gasteiger partial charge in [0.05, 0.1) is 24.9 Å². The maximum Gasteiger partial charge on any atom is 0.333 e. The fourth-order valence-electron chi connectivity index (χ4n) is 4.60. The van der Waals surface area contributed by atoms with E-state index in [1.807, 2.05) is 43.9 Å². The van der Waals surface area contributed by atoms with Crippen molar-refractivity contribution in [2.24, 2.45) is 0 Å². The first-order valence-electron chi connectivity index (χ1n) is 11.8. The highest BCUT2D eigenvalue weighted by molar-refractivity contribution is 5.89. The SMILES string of the molecule is C=CCN(CC=C)[C@@H]1CC(C(=O)OCC)=C[C@@H](OC(CC)CC)[C@H]1N(C(C)=O)C(C)(C)C. The van der Waals surface area contributed by atoms with Crippen molar-refractivity contribution in [3.05, 3.63) is 37.0 Å². The molecule has 0 saturated heterocycles. The molecule has 32 heavy (non-hydrogen) atoms. The van der Waals surface area contributed by atoms with Gasteiger partial charge in [-0.3, -0.25) is 9.69 Å². The Morgan fingerprint density at radius 3 is 2.12 bits per heavy atom. The zero-order chi connectivity index (χ0) is 24.5. The summed E-state index contributed by atoms with van der Waals surface area (Å²) in [5.41, 5.74) is 0.174. The zero-order valence-corrected chi connectivity index (χ0v) is 21.2. The number of esters is 1. The highest BCUT2D eigenvalue weighted by Gasteiger charge is 2.46. The van der Waals surface area contributed by atoms with E-state index in [0.717, 1.165) is 12.8 Å². The second-order valence-corrected chi connectivity index (χ2v) is 9.30. The first kappa shape index (κ1) is 28.1. The Balaban J connectivity index is 3.69. The summed E-state index contributed by atoms with van der Waals surface area (Å²) in [7, 11) is 0. The molecule has 1 rings (SSSR count). The number of hydrogen-bond donors (Lipinski definition) is 0. The summed E-state index contributed by atoms with van der Waals surface area (Å²) < 4.78 is 11.9. The summed E-state index contributed by atoms with van der Waals surface area (Å²) in [6.07, 6.45) is 7.34. The minimum Gasteiger partial charge on any atom is -0.463 e. The number of ether oxygens (including phenoxy) is 2. The average Bonchev–Trinajstić information content (AvgIpc) is 2.71. The Bertz CT molecular complexity index is 666. The summed E-state index contributed by atoms with van der Waals surface area (Å²) in [5.74, 6) is -0.341. The predicted molar refractivity (Wildman–Crippen MR) is 130 cm³/mol. The van der Waals surface area contributed by atoms with Crippen molar-refractivity contribution in [3.63, 3.8) is 0 Å². The van der Waals surface area contributed by atoms with Crippen LogP contribution in [0, 0.1) is 0 Å². The first-order valence-corrected chi connectivity index (χ1v) is 11.8. The minimum atomic E-state index is -0.432. The van der Waals surface area contributed by atoms with Crippen LogP contribution < -0.4 is 0 Å². The van der Waals surface area contributed by atoms with Gasteiger partial charge in [-0.05, 0) is 53.0 Å². The summed E-state index contributed by atoms with van der Waals surface area (Å²) in [4.78, 5) is 29.9. The van der Waals surface area contributed by atoms with Crippen LogP contribution in [-0.4, -0.2) is 71.2 Å². The molecule has 0 fully saturated rings. The molecule has 0 bridgehead atoms. The van der Waals surface area contributed by atoms with E-state index in [4.69, 9.17) is 9.47 Å². The van der Waals surface area contributed by atoms with Crippen LogP contribution in [0.2, 0.25) is 0 Å². The van der Waals surface area contributed by atoms with Crippen molar-refractivity contribution >= 4 is 11.9 Å². The van der Waals surface area contributed by atoms with E-state index in [2.05, 4.69) is 31.9 Å². The normalized spacial score (nSPS) is 21.3. The van der Waals surface area contributed by atoms with Crippen LogP contribution in [0.25, 0.3) is 0 Å². The van der Waals surface area contributed by atoms with Gasteiger partial charge in [0.15, 0.2) is 0 Å². The van der Waals surface area contributed by atoms with Crippen molar-refractivity contribution in [2.75, 3.05) is 19.7 Å². The molecule has 0 aliphatic heterocycles. The van der Waals surface area contributed by atoms with Crippen molar-refractivity contribution in [2.45, 2.75) is 97.6 Å². The van der Waals surface area contributed by atoms with E-state index in [1.165, 1.54) is 0 Å². The molecule has 0 aromatic rings. The van der Waals surface area contributed by atoms with Crippen molar-refractivity contribution in [3.8, 4) is 0 Å². The van der Waals surface area contributed by atoms with Gasteiger partial charge in [0.2, 0.25) is 5.91 Å². The molecule has 0 saturated carbocycles.